The zero-order valence-electron chi connectivity index (χ0n) is 16.8. The lowest BCUT2D eigenvalue weighted by molar-refractivity contribution is 0.102. The highest BCUT2D eigenvalue weighted by Crippen LogP contribution is 2.19. The van der Waals surface area contributed by atoms with E-state index in [4.69, 9.17) is 4.74 Å². The Hall–Kier alpha value is -3.60. The summed E-state index contributed by atoms with van der Waals surface area (Å²) in [5.41, 5.74) is 4.29. The average Bonchev–Trinajstić information content (AvgIpc) is 2.72. The molecule has 0 aliphatic carbocycles. The van der Waals surface area contributed by atoms with E-state index in [9.17, 15) is 9.59 Å². The van der Waals surface area contributed by atoms with Crippen molar-refractivity contribution in [3.05, 3.63) is 89.0 Å². The van der Waals surface area contributed by atoms with Crippen molar-refractivity contribution in [3.8, 4) is 5.75 Å². The third-order valence-electron chi connectivity index (χ3n) is 4.45. The zero-order valence-corrected chi connectivity index (χ0v) is 16.8. The van der Waals surface area contributed by atoms with E-state index in [-0.39, 0.29) is 11.8 Å². The predicted molar refractivity (Wildman–Crippen MR) is 116 cm³/mol. The lowest BCUT2D eigenvalue weighted by Gasteiger charge is -2.11. The molecular formula is C24H24N2O3. The molecule has 0 aromatic heterocycles. The first-order valence-electron chi connectivity index (χ1n) is 9.49. The van der Waals surface area contributed by atoms with Crippen LogP contribution in [0.25, 0.3) is 0 Å². The summed E-state index contributed by atoms with van der Waals surface area (Å²) in [6.45, 7) is 6.42. The Kier molecular flexibility index (Phi) is 6.29. The Balaban J connectivity index is 1.71. The minimum absolute atomic E-state index is 0.255. The van der Waals surface area contributed by atoms with Gasteiger partial charge in [-0.15, -0.1) is 0 Å². The first-order valence-corrected chi connectivity index (χ1v) is 9.49. The molecule has 29 heavy (non-hydrogen) atoms. The fourth-order valence-corrected chi connectivity index (χ4v) is 2.87. The highest BCUT2D eigenvalue weighted by molar-refractivity contribution is 6.08. The fraction of sp³-hybridized carbons (Fsp3) is 0.167. The molecule has 0 bridgehead atoms. The molecule has 0 saturated heterocycles. The Morgan fingerprint density at radius 1 is 0.828 bits per heavy atom. The number of hydrogen-bond donors (Lipinski definition) is 2. The maximum atomic E-state index is 12.7. The fourth-order valence-electron chi connectivity index (χ4n) is 2.87. The summed E-state index contributed by atoms with van der Waals surface area (Å²) in [6, 6.07) is 19.7. The van der Waals surface area contributed by atoms with Gasteiger partial charge in [-0.2, -0.15) is 0 Å². The number of amides is 2. The molecule has 148 valence electrons. The van der Waals surface area contributed by atoms with Crippen molar-refractivity contribution < 1.29 is 14.3 Å². The summed E-state index contributed by atoms with van der Waals surface area (Å²) in [7, 11) is 0. The summed E-state index contributed by atoms with van der Waals surface area (Å²) < 4.78 is 5.40. The molecule has 3 aromatic carbocycles. The number of anilines is 2. The second-order valence-corrected chi connectivity index (χ2v) is 6.76. The summed E-state index contributed by atoms with van der Waals surface area (Å²) in [5.74, 6) is 0.209. The summed E-state index contributed by atoms with van der Waals surface area (Å²) >= 11 is 0. The van der Waals surface area contributed by atoms with Gasteiger partial charge in [0.1, 0.15) is 5.75 Å². The monoisotopic (exact) mass is 388 g/mol. The van der Waals surface area contributed by atoms with Crippen LogP contribution in [0.5, 0.6) is 5.75 Å². The third kappa shape index (κ3) is 5.23. The van der Waals surface area contributed by atoms with Gasteiger partial charge in [0, 0.05) is 22.5 Å². The van der Waals surface area contributed by atoms with Gasteiger partial charge in [-0.05, 0) is 80.4 Å². The van der Waals surface area contributed by atoms with Crippen LogP contribution in [0.15, 0.2) is 66.7 Å². The number of hydrogen-bond acceptors (Lipinski definition) is 3. The summed E-state index contributed by atoms with van der Waals surface area (Å²) in [5, 5.41) is 5.75. The van der Waals surface area contributed by atoms with Crippen molar-refractivity contribution in [1.29, 1.82) is 0 Å². The molecule has 0 spiro atoms. The molecule has 5 heteroatoms. The van der Waals surface area contributed by atoms with E-state index in [2.05, 4.69) is 10.6 Å². The number of benzene rings is 3. The van der Waals surface area contributed by atoms with Crippen LogP contribution < -0.4 is 15.4 Å². The minimum Gasteiger partial charge on any atom is -0.494 e. The maximum Gasteiger partial charge on any atom is 0.255 e. The van der Waals surface area contributed by atoms with Crippen LogP contribution in [0.3, 0.4) is 0 Å². The molecule has 0 aliphatic heterocycles. The minimum atomic E-state index is -0.282. The van der Waals surface area contributed by atoms with Crippen molar-refractivity contribution >= 4 is 23.2 Å². The standard InChI is InChI=1S/C24H24N2O3/c1-4-29-21-12-10-20(11-13-21)25-23(27)18-6-5-7-19(15-18)24(28)26-22-14-16(2)8-9-17(22)3/h5-15H,4H2,1-3H3,(H,25,27)(H,26,28). The lowest BCUT2D eigenvalue weighted by Crippen LogP contribution is -2.16. The van der Waals surface area contributed by atoms with Crippen LogP contribution in [0.1, 0.15) is 38.8 Å². The molecular weight excluding hydrogens is 364 g/mol. The largest absolute Gasteiger partial charge is 0.494 e. The molecule has 3 rings (SSSR count). The number of rotatable bonds is 6. The molecule has 0 heterocycles. The summed E-state index contributed by atoms with van der Waals surface area (Å²) in [4.78, 5) is 25.2. The first kappa shape index (κ1) is 20.1. The van der Waals surface area contributed by atoms with Crippen molar-refractivity contribution in [2.24, 2.45) is 0 Å². The van der Waals surface area contributed by atoms with Crippen LogP contribution in [0, 0.1) is 13.8 Å². The molecule has 2 N–H and O–H groups in total. The van der Waals surface area contributed by atoms with Gasteiger partial charge in [-0.25, -0.2) is 0 Å². The van der Waals surface area contributed by atoms with Gasteiger partial charge >= 0.3 is 0 Å². The van der Waals surface area contributed by atoms with Crippen LogP contribution >= 0.6 is 0 Å². The first-order chi connectivity index (χ1) is 14.0. The third-order valence-corrected chi connectivity index (χ3v) is 4.45. The van der Waals surface area contributed by atoms with E-state index in [1.54, 1.807) is 48.5 Å². The molecule has 3 aromatic rings. The Bertz CT molecular complexity index is 1030. The SMILES string of the molecule is CCOc1ccc(NC(=O)c2cccc(C(=O)Nc3cc(C)ccc3C)c2)cc1. The topological polar surface area (TPSA) is 67.4 Å². The van der Waals surface area contributed by atoms with E-state index in [0.29, 0.717) is 23.4 Å². The lowest BCUT2D eigenvalue weighted by atomic mass is 10.1. The number of ether oxygens (including phenoxy) is 1. The molecule has 0 saturated carbocycles. The van der Waals surface area contributed by atoms with Crippen LogP contribution in [-0.2, 0) is 0 Å². The number of nitrogens with one attached hydrogen (secondary N) is 2. The normalized spacial score (nSPS) is 10.3. The molecule has 0 radical (unpaired) electrons. The number of aryl methyl sites for hydroxylation is 2. The molecule has 0 aliphatic rings. The van der Waals surface area contributed by atoms with Crippen LogP contribution in [0.2, 0.25) is 0 Å². The van der Waals surface area contributed by atoms with E-state index in [0.717, 1.165) is 22.6 Å². The van der Waals surface area contributed by atoms with Crippen LogP contribution in [0.4, 0.5) is 11.4 Å². The van der Waals surface area contributed by atoms with Gasteiger partial charge in [0.15, 0.2) is 0 Å². The van der Waals surface area contributed by atoms with Gasteiger partial charge in [-0.3, -0.25) is 9.59 Å². The van der Waals surface area contributed by atoms with Crippen molar-refractivity contribution in [1.82, 2.24) is 0 Å². The van der Waals surface area contributed by atoms with Crippen molar-refractivity contribution in [2.75, 3.05) is 17.2 Å². The quantitative estimate of drug-likeness (QED) is 0.609. The maximum absolute atomic E-state index is 12.7. The van der Waals surface area contributed by atoms with Gasteiger partial charge in [0.05, 0.1) is 6.61 Å². The van der Waals surface area contributed by atoms with Gasteiger partial charge < -0.3 is 15.4 Å². The molecule has 5 nitrogen and oxygen atoms in total. The highest BCUT2D eigenvalue weighted by Gasteiger charge is 2.12. The van der Waals surface area contributed by atoms with Crippen molar-refractivity contribution in [2.45, 2.75) is 20.8 Å². The smallest absolute Gasteiger partial charge is 0.255 e. The van der Waals surface area contributed by atoms with Gasteiger partial charge in [0.2, 0.25) is 0 Å². The number of carbonyl (C=O) groups is 2. The molecule has 2 amide bonds. The number of carbonyl (C=O) groups excluding carboxylic acids is 2. The Labute approximate surface area is 170 Å². The van der Waals surface area contributed by atoms with E-state index < -0.39 is 0 Å². The zero-order chi connectivity index (χ0) is 20.8. The highest BCUT2D eigenvalue weighted by atomic mass is 16.5. The van der Waals surface area contributed by atoms with Crippen LogP contribution in [-0.4, -0.2) is 18.4 Å². The van der Waals surface area contributed by atoms with Crippen molar-refractivity contribution in [3.63, 3.8) is 0 Å². The molecule has 0 unspecified atom stereocenters. The summed E-state index contributed by atoms with van der Waals surface area (Å²) in [6.07, 6.45) is 0. The Morgan fingerprint density at radius 3 is 2.14 bits per heavy atom. The average molecular weight is 388 g/mol. The van der Waals surface area contributed by atoms with E-state index >= 15 is 0 Å². The predicted octanol–water partition coefficient (Wildman–Crippen LogP) is 5.21. The second-order valence-electron chi connectivity index (χ2n) is 6.76. The van der Waals surface area contributed by atoms with E-state index in [1.807, 2.05) is 39.0 Å². The van der Waals surface area contributed by atoms with E-state index in [1.165, 1.54) is 0 Å². The Morgan fingerprint density at radius 2 is 1.48 bits per heavy atom. The van der Waals surface area contributed by atoms with Gasteiger partial charge in [0.25, 0.3) is 11.8 Å². The second kappa shape index (κ2) is 9.06. The molecule has 0 fully saturated rings. The molecule has 0 atom stereocenters. The van der Waals surface area contributed by atoms with Gasteiger partial charge in [-0.1, -0.05) is 18.2 Å².